The topological polar surface area (TPSA) is 64.8 Å². The van der Waals surface area contributed by atoms with Gasteiger partial charge in [-0.05, 0) is 50.6 Å². The van der Waals surface area contributed by atoms with Crippen LogP contribution in [0.5, 0.6) is 5.75 Å². The summed E-state index contributed by atoms with van der Waals surface area (Å²) in [5.74, 6) is 1.44. The molecular weight excluding hydrogens is 404 g/mol. The summed E-state index contributed by atoms with van der Waals surface area (Å²) in [5, 5.41) is 4.23. The predicted molar refractivity (Wildman–Crippen MR) is 122 cm³/mol. The van der Waals surface area contributed by atoms with E-state index in [1.807, 2.05) is 55.5 Å². The Morgan fingerprint density at radius 3 is 2.47 bits per heavy atom. The van der Waals surface area contributed by atoms with Gasteiger partial charge in [0, 0.05) is 24.6 Å². The van der Waals surface area contributed by atoms with E-state index in [2.05, 4.69) is 22.2 Å². The zero-order chi connectivity index (χ0) is 22.4. The molecule has 2 aromatic carbocycles. The van der Waals surface area contributed by atoms with E-state index in [1.54, 1.807) is 7.11 Å². The van der Waals surface area contributed by atoms with E-state index in [4.69, 9.17) is 14.0 Å². The van der Waals surface area contributed by atoms with Gasteiger partial charge in [0.15, 0.2) is 0 Å². The van der Waals surface area contributed by atoms with E-state index in [-0.39, 0.29) is 5.97 Å². The Morgan fingerprint density at radius 2 is 1.81 bits per heavy atom. The summed E-state index contributed by atoms with van der Waals surface area (Å²) in [6.45, 7) is 4.73. The summed E-state index contributed by atoms with van der Waals surface area (Å²) in [6.07, 6.45) is 1.95. The molecule has 1 aromatic heterocycles. The fraction of sp³-hybridized carbons (Fsp3) is 0.385. The van der Waals surface area contributed by atoms with Gasteiger partial charge in [0.05, 0.1) is 19.1 Å². The summed E-state index contributed by atoms with van der Waals surface area (Å²) in [5.41, 5.74) is 2.44. The van der Waals surface area contributed by atoms with Gasteiger partial charge in [-0.2, -0.15) is 0 Å². The first kappa shape index (κ1) is 22.1. The molecule has 1 aliphatic rings. The number of aromatic nitrogens is 1. The van der Waals surface area contributed by atoms with Gasteiger partial charge in [-0.1, -0.05) is 47.6 Å². The molecule has 6 nitrogen and oxygen atoms in total. The molecule has 4 rings (SSSR count). The van der Waals surface area contributed by atoms with Crippen molar-refractivity contribution in [1.82, 2.24) is 10.1 Å². The fourth-order valence-corrected chi connectivity index (χ4v) is 4.34. The number of ether oxygens (including phenoxy) is 2. The molecule has 168 valence electrons. The predicted octanol–water partition coefficient (Wildman–Crippen LogP) is 4.74. The average Bonchev–Trinajstić information content (AvgIpc) is 3.30. The summed E-state index contributed by atoms with van der Waals surface area (Å²) in [4.78, 5) is 15.4. The molecule has 0 bridgehead atoms. The molecule has 1 saturated heterocycles. The molecule has 1 aliphatic heterocycles. The minimum Gasteiger partial charge on any atom is -0.497 e. The highest BCUT2D eigenvalue weighted by atomic mass is 16.5. The van der Waals surface area contributed by atoms with Crippen LogP contribution < -0.4 is 4.74 Å². The highest BCUT2D eigenvalue weighted by Crippen LogP contribution is 2.38. The number of hydrogen-bond acceptors (Lipinski definition) is 6. The Labute approximate surface area is 189 Å². The van der Waals surface area contributed by atoms with Gasteiger partial charge in [-0.25, -0.2) is 0 Å². The molecule has 0 unspecified atom stereocenters. The third kappa shape index (κ3) is 5.02. The molecule has 3 aromatic rings. The molecule has 0 amide bonds. The van der Waals surface area contributed by atoms with Crippen molar-refractivity contribution in [3.05, 3.63) is 72.0 Å². The number of carbonyl (C=O) groups excluding carboxylic acids is 1. The standard InChI is InChI=1S/C26H30N2O4/c1-3-31-25(29)26(18-23-17-24(27-32-23)21-7-5-4-6-8-21)13-15-28(16-14-26)19-20-9-11-22(30-2)12-10-20/h4-12,17H,3,13-16,18-19H2,1-2H3. The van der Waals surface area contributed by atoms with Crippen LogP contribution in [0.4, 0.5) is 0 Å². The van der Waals surface area contributed by atoms with Crippen LogP contribution in [0.1, 0.15) is 31.1 Å². The zero-order valence-electron chi connectivity index (χ0n) is 18.8. The van der Waals surface area contributed by atoms with Crippen LogP contribution in [0.2, 0.25) is 0 Å². The minimum atomic E-state index is -0.583. The van der Waals surface area contributed by atoms with E-state index in [1.165, 1.54) is 5.56 Å². The number of hydrogen-bond donors (Lipinski definition) is 0. The smallest absolute Gasteiger partial charge is 0.312 e. The van der Waals surface area contributed by atoms with E-state index >= 15 is 0 Å². The van der Waals surface area contributed by atoms with Crippen molar-refractivity contribution in [2.24, 2.45) is 5.41 Å². The molecule has 2 heterocycles. The molecule has 0 aliphatic carbocycles. The highest BCUT2D eigenvalue weighted by molar-refractivity contribution is 5.77. The lowest BCUT2D eigenvalue weighted by Crippen LogP contribution is -2.46. The summed E-state index contributed by atoms with van der Waals surface area (Å²) < 4.78 is 16.4. The normalized spacial score (nSPS) is 15.9. The van der Waals surface area contributed by atoms with Gasteiger partial charge in [0.1, 0.15) is 17.2 Å². The van der Waals surface area contributed by atoms with E-state index in [0.29, 0.717) is 13.0 Å². The minimum absolute atomic E-state index is 0.137. The first-order chi connectivity index (χ1) is 15.6. The van der Waals surface area contributed by atoms with Crippen LogP contribution in [0.25, 0.3) is 11.3 Å². The zero-order valence-corrected chi connectivity index (χ0v) is 18.8. The molecule has 0 spiro atoms. The second-order valence-corrected chi connectivity index (χ2v) is 8.35. The van der Waals surface area contributed by atoms with Crippen LogP contribution >= 0.6 is 0 Å². The van der Waals surface area contributed by atoms with E-state index in [0.717, 1.165) is 55.2 Å². The maximum Gasteiger partial charge on any atom is 0.312 e. The van der Waals surface area contributed by atoms with Crippen molar-refractivity contribution in [3.8, 4) is 17.0 Å². The second kappa shape index (κ2) is 10.0. The number of esters is 1. The van der Waals surface area contributed by atoms with Crippen molar-refractivity contribution < 1.29 is 18.8 Å². The molecular formula is C26H30N2O4. The SMILES string of the molecule is CCOC(=O)C1(Cc2cc(-c3ccccc3)no2)CCN(Cc2ccc(OC)cc2)CC1. The van der Waals surface area contributed by atoms with Gasteiger partial charge < -0.3 is 14.0 Å². The number of carbonyl (C=O) groups is 1. The van der Waals surface area contributed by atoms with Gasteiger partial charge in [0.2, 0.25) is 0 Å². The number of nitrogens with zero attached hydrogens (tertiary/aromatic N) is 2. The van der Waals surface area contributed by atoms with Crippen molar-refractivity contribution in [2.45, 2.75) is 32.7 Å². The van der Waals surface area contributed by atoms with Crippen molar-refractivity contribution in [1.29, 1.82) is 0 Å². The number of likely N-dealkylation sites (tertiary alicyclic amines) is 1. The summed E-state index contributed by atoms with van der Waals surface area (Å²) in [7, 11) is 1.67. The molecule has 0 atom stereocenters. The third-order valence-corrected chi connectivity index (χ3v) is 6.23. The number of rotatable bonds is 8. The third-order valence-electron chi connectivity index (χ3n) is 6.23. The van der Waals surface area contributed by atoms with Crippen molar-refractivity contribution in [3.63, 3.8) is 0 Å². The van der Waals surface area contributed by atoms with Crippen LogP contribution in [0.3, 0.4) is 0 Å². The lowest BCUT2D eigenvalue weighted by atomic mass is 9.74. The highest BCUT2D eigenvalue weighted by Gasteiger charge is 2.43. The fourth-order valence-electron chi connectivity index (χ4n) is 4.34. The lowest BCUT2D eigenvalue weighted by Gasteiger charge is -2.39. The largest absolute Gasteiger partial charge is 0.497 e. The van der Waals surface area contributed by atoms with Gasteiger partial charge in [-0.15, -0.1) is 0 Å². The molecule has 0 N–H and O–H groups in total. The van der Waals surface area contributed by atoms with Crippen LogP contribution in [0, 0.1) is 5.41 Å². The molecule has 32 heavy (non-hydrogen) atoms. The van der Waals surface area contributed by atoms with Crippen LogP contribution in [-0.4, -0.2) is 42.8 Å². The Morgan fingerprint density at radius 1 is 1.09 bits per heavy atom. The molecule has 6 heteroatoms. The number of methoxy groups -OCH3 is 1. The van der Waals surface area contributed by atoms with Gasteiger partial charge >= 0.3 is 5.97 Å². The van der Waals surface area contributed by atoms with Crippen molar-refractivity contribution in [2.75, 3.05) is 26.8 Å². The quantitative estimate of drug-likeness (QED) is 0.477. The Hall–Kier alpha value is -3.12. The molecule has 0 radical (unpaired) electrons. The second-order valence-electron chi connectivity index (χ2n) is 8.35. The average molecular weight is 435 g/mol. The Balaban J connectivity index is 1.45. The van der Waals surface area contributed by atoms with Crippen molar-refractivity contribution >= 4 is 5.97 Å². The summed E-state index contributed by atoms with van der Waals surface area (Å²) >= 11 is 0. The Kier molecular flexibility index (Phi) is 6.90. The lowest BCUT2D eigenvalue weighted by molar-refractivity contribution is -0.159. The number of benzene rings is 2. The van der Waals surface area contributed by atoms with Gasteiger partial charge in [-0.3, -0.25) is 9.69 Å². The van der Waals surface area contributed by atoms with Crippen LogP contribution in [-0.2, 0) is 22.5 Å². The monoisotopic (exact) mass is 434 g/mol. The first-order valence-electron chi connectivity index (χ1n) is 11.2. The first-order valence-corrected chi connectivity index (χ1v) is 11.2. The van der Waals surface area contributed by atoms with Crippen LogP contribution in [0.15, 0.2) is 65.2 Å². The maximum atomic E-state index is 13.0. The number of piperidine rings is 1. The maximum absolute atomic E-state index is 13.0. The summed E-state index contributed by atoms with van der Waals surface area (Å²) in [6, 6.07) is 20.0. The van der Waals surface area contributed by atoms with E-state index < -0.39 is 5.41 Å². The molecule has 0 saturated carbocycles. The molecule has 1 fully saturated rings. The van der Waals surface area contributed by atoms with E-state index in [9.17, 15) is 4.79 Å². The van der Waals surface area contributed by atoms with Gasteiger partial charge in [0.25, 0.3) is 0 Å². The Bertz CT molecular complexity index is 1010.